The van der Waals surface area contributed by atoms with E-state index in [1.807, 2.05) is 0 Å². The third-order valence-corrected chi connectivity index (χ3v) is 4.12. The molecule has 0 amide bonds. The smallest absolute Gasteiger partial charge is 0.231 e. The fourth-order valence-corrected chi connectivity index (χ4v) is 2.72. The fourth-order valence-electron chi connectivity index (χ4n) is 1.33. The van der Waals surface area contributed by atoms with Crippen LogP contribution >= 0.6 is 62.3 Å². The van der Waals surface area contributed by atoms with Gasteiger partial charge in [-0.05, 0) is 34.1 Å². The Morgan fingerprint density at radius 3 is 2.28 bits per heavy atom. The zero-order chi connectivity index (χ0) is 13.4. The molecule has 0 unspecified atom stereocenters. The number of rotatable bonds is 2. The van der Waals surface area contributed by atoms with Crippen molar-refractivity contribution in [2.45, 2.75) is 0 Å². The number of hydrogen-bond donors (Lipinski definition) is 0. The first-order valence-corrected chi connectivity index (χ1v) is 6.85. The SMILES string of the molecule is O=C(c1ccc(Br)o1)c1c(Cl)cc(Cl)c(Cl)c1Cl. The summed E-state index contributed by atoms with van der Waals surface area (Å²) in [6.07, 6.45) is 0. The molecular formula is C11H3BrCl4O2. The summed E-state index contributed by atoms with van der Waals surface area (Å²) >= 11 is 26.7. The molecule has 0 atom stereocenters. The zero-order valence-corrected chi connectivity index (χ0v) is 13.0. The Kier molecular flexibility index (Phi) is 4.29. The first kappa shape index (κ1) is 14.2. The molecule has 1 aromatic carbocycles. The Bertz CT molecular complexity index is 636. The minimum Gasteiger partial charge on any atom is -0.446 e. The predicted octanol–water partition coefficient (Wildman–Crippen LogP) is 5.89. The summed E-state index contributed by atoms with van der Waals surface area (Å²) in [6, 6.07) is 4.46. The molecule has 0 aliphatic rings. The highest BCUT2D eigenvalue weighted by atomic mass is 79.9. The van der Waals surface area contributed by atoms with E-state index in [0.717, 1.165) is 0 Å². The lowest BCUT2D eigenvalue weighted by Gasteiger charge is -2.07. The minimum atomic E-state index is -0.464. The van der Waals surface area contributed by atoms with Crippen molar-refractivity contribution in [1.29, 1.82) is 0 Å². The molecule has 7 heteroatoms. The molecular weight excluding hydrogens is 386 g/mol. The van der Waals surface area contributed by atoms with Crippen LogP contribution in [0, 0.1) is 0 Å². The molecule has 0 radical (unpaired) electrons. The molecule has 18 heavy (non-hydrogen) atoms. The molecule has 0 fully saturated rings. The Balaban J connectivity index is 2.58. The number of carbonyl (C=O) groups excluding carboxylic acids is 1. The van der Waals surface area contributed by atoms with Gasteiger partial charge in [-0.2, -0.15) is 0 Å². The topological polar surface area (TPSA) is 30.2 Å². The van der Waals surface area contributed by atoms with Crippen LogP contribution in [0.1, 0.15) is 16.1 Å². The van der Waals surface area contributed by atoms with Crippen molar-refractivity contribution < 1.29 is 9.21 Å². The van der Waals surface area contributed by atoms with E-state index in [9.17, 15) is 4.79 Å². The molecule has 1 aromatic heterocycles. The molecule has 2 nitrogen and oxygen atoms in total. The Hall–Kier alpha value is -0.190. The first-order chi connectivity index (χ1) is 8.41. The van der Waals surface area contributed by atoms with Gasteiger partial charge in [0.05, 0.1) is 25.7 Å². The highest BCUT2D eigenvalue weighted by molar-refractivity contribution is 9.10. The highest BCUT2D eigenvalue weighted by Gasteiger charge is 2.23. The monoisotopic (exact) mass is 386 g/mol. The molecule has 0 saturated heterocycles. The van der Waals surface area contributed by atoms with Crippen molar-refractivity contribution in [2.75, 3.05) is 0 Å². The van der Waals surface area contributed by atoms with Gasteiger partial charge in [0.1, 0.15) is 0 Å². The second-order valence-electron chi connectivity index (χ2n) is 3.28. The summed E-state index contributed by atoms with van der Waals surface area (Å²) in [5.41, 5.74) is 0.0644. The summed E-state index contributed by atoms with van der Waals surface area (Å²) in [5.74, 6) is -0.363. The lowest BCUT2D eigenvalue weighted by Crippen LogP contribution is -2.02. The van der Waals surface area contributed by atoms with Gasteiger partial charge in [0.25, 0.3) is 0 Å². The number of halogens is 5. The second-order valence-corrected chi connectivity index (χ2v) is 5.63. The van der Waals surface area contributed by atoms with Crippen molar-refractivity contribution in [3.63, 3.8) is 0 Å². The second kappa shape index (κ2) is 5.43. The van der Waals surface area contributed by atoms with E-state index in [2.05, 4.69) is 15.9 Å². The van der Waals surface area contributed by atoms with E-state index in [0.29, 0.717) is 4.67 Å². The van der Waals surface area contributed by atoms with Gasteiger partial charge in [0.15, 0.2) is 10.4 Å². The van der Waals surface area contributed by atoms with Crippen LogP contribution in [0.3, 0.4) is 0 Å². The van der Waals surface area contributed by atoms with Gasteiger partial charge < -0.3 is 4.42 Å². The van der Waals surface area contributed by atoms with Crippen molar-refractivity contribution in [1.82, 2.24) is 0 Å². The minimum absolute atomic E-state index is 0.00619. The molecule has 0 aliphatic heterocycles. The van der Waals surface area contributed by atoms with E-state index in [4.69, 9.17) is 50.8 Å². The number of hydrogen-bond acceptors (Lipinski definition) is 2. The average Bonchev–Trinajstić information content (AvgIpc) is 2.73. The largest absolute Gasteiger partial charge is 0.446 e. The predicted molar refractivity (Wildman–Crippen MR) is 76.3 cm³/mol. The van der Waals surface area contributed by atoms with Crippen molar-refractivity contribution in [2.24, 2.45) is 0 Å². The molecule has 0 saturated carbocycles. The van der Waals surface area contributed by atoms with Crippen LogP contribution in [0.15, 0.2) is 27.3 Å². The number of benzene rings is 1. The van der Waals surface area contributed by atoms with Gasteiger partial charge in [-0.25, -0.2) is 0 Å². The molecule has 0 N–H and O–H groups in total. The molecule has 0 aliphatic carbocycles. The van der Waals surface area contributed by atoms with Crippen LogP contribution in [0.5, 0.6) is 0 Å². The summed E-state index contributed by atoms with van der Waals surface area (Å²) in [5, 5.41) is 0.388. The maximum absolute atomic E-state index is 12.2. The number of carbonyl (C=O) groups is 1. The molecule has 0 spiro atoms. The number of ketones is 1. The summed E-state index contributed by atoms with van der Waals surface area (Å²) in [7, 11) is 0. The third-order valence-electron chi connectivity index (χ3n) is 2.14. The fraction of sp³-hybridized carbons (Fsp3) is 0. The van der Waals surface area contributed by atoms with Crippen LogP contribution in [0.2, 0.25) is 20.1 Å². The third kappa shape index (κ3) is 2.56. The average molecular weight is 389 g/mol. The van der Waals surface area contributed by atoms with Gasteiger partial charge >= 0.3 is 0 Å². The van der Waals surface area contributed by atoms with Crippen molar-refractivity contribution in [3.05, 3.63) is 54.3 Å². The standard InChI is InChI=1S/C11H3BrCl4O2/c12-7-2-1-6(18-7)11(17)8-4(13)3-5(14)9(15)10(8)16/h1-3H. The quantitative estimate of drug-likeness (QED) is 0.365. The van der Waals surface area contributed by atoms with Crippen molar-refractivity contribution in [3.8, 4) is 0 Å². The van der Waals surface area contributed by atoms with Crippen LogP contribution < -0.4 is 0 Å². The summed E-state index contributed by atoms with van der Waals surface area (Å²) < 4.78 is 5.58. The highest BCUT2D eigenvalue weighted by Crippen LogP contribution is 2.38. The Labute approximate surface area is 131 Å². The molecule has 2 rings (SSSR count). The van der Waals surface area contributed by atoms with Crippen LogP contribution in [-0.2, 0) is 0 Å². The Morgan fingerprint density at radius 1 is 1.06 bits per heavy atom. The maximum atomic E-state index is 12.2. The summed E-state index contributed by atoms with van der Waals surface area (Å²) in [6.45, 7) is 0. The zero-order valence-electron chi connectivity index (χ0n) is 8.44. The molecule has 2 aromatic rings. The van der Waals surface area contributed by atoms with Gasteiger partial charge in [0.2, 0.25) is 5.78 Å². The molecule has 94 valence electrons. The van der Waals surface area contributed by atoms with E-state index in [1.54, 1.807) is 6.07 Å². The normalized spacial score (nSPS) is 10.7. The van der Waals surface area contributed by atoms with E-state index >= 15 is 0 Å². The van der Waals surface area contributed by atoms with Gasteiger partial charge in [-0.15, -0.1) is 0 Å². The molecule has 0 bridgehead atoms. The lowest BCUT2D eigenvalue weighted by molar-refractivity contribution is 0.101. The van der Waals surface area contributed by atoms with Gasteiger partial charge in [0, 0.05) is 0 Å². The Morgan fingerprint density at radius 2 is 1.72 bits per heavy atom. The van der Waals surface area contributed by atoms with Crippen LogP contribution in [-0.4, -0.2) is 5.78 Å². The van der Waals surface area contributed by atoms with Crippen LogP contribution in [0.4, 0.5) is 0 Å². The van der Waals surface area contributed by atoms with Crippen molar-refractivity contribution >= 4 is 68.1 Å². The van der Waals surface area contributed by atoms with Crippen LogP contribution in [0.25, 0.3) is 0 Å². The molecule has 1 heterocycles. The first-order valence-electron chi connectivity index (χ1n) is 4.55. The summed E-state index contributed by atoms with van der Waals surface area (Å²) in [4.78, 5) is 12.2. The van der Waals surface area contributed by atoms with Gasteiger partial charge in [-0.3, -0.25) is 4.79 Å². The van der Waals surface area contributed by atoms with Gasteiger partial charge in [-0.1, -0.05) is 46.4 Å². The van der Waals surface area contributed by atoms with E-state index in [1.165, 1.54) is 12.1 Å². The maximum Gasteiger partial charge on any atom is 0.231 e. The number of furan rings is 1. The lowest BCUT2D eigenvalue weighted by atomic mass is 10.1. The van der Waals surface area contributed by atoms with E-state index < -0.39 is 5.78 Å². The van der Waals surface area contributed by atoms with E-state index in [-0.39, 0.29) is 31.4 Å².